The summed E-state index contributed by atoms with van der Waals surface area (Å²) in [6.45, 7) is 3.18. The second kappa shape index (κ2) is 15.6. The molecule has 1 heterocycles. The average Bonchev–Trinajstić information content (AvgIpc) is 3.63. The summed E-state index contributed by atoms with van der Waals surface area (Å²) >= 11 is 1.51. The summed E-state index contributed by atoms with van der Waals surface area (Å²) in [5.41, 5.74) is 4.69. The fraction of sp³-hybridized carbons (Fsp3) is 0.450. The number of hydrogen-bond acceptors (Lipinski definition) is 7. The number of ether oxygens (including phenoxy) is 4. The zero-order chi connectivity index (χ0) is 33.5. The zero-order valence-corrected chi connectivity index (χ0v) is 29.5. The first-order chi connectivity index (χ1) is 23.4. The SMILES string of the molecule is COc1ccc(COC2(C(=O)N(CC3CCC(c4ccc(OC)c(C)c4)CC3)c3cccc(-c4cnc(OC)s4)c3)CCCCC2)cc1. The van der Waals surface area contributed by atoms with E-state index in [-0.39, 0.29) is 5.91 Å². The number of nitrogens with zero attached hydrogens (tertiary/aromatic N) is 2. The fourth-order valence-electron chi connectivity index (χ4n) is 7.44. The molecule has 2 aliphatic carbocycles. The van der Waals surface area contributed by atoms with Crippen LogP contribution >= 0.6 is 11.3 Å². The molecule has 254 valence electrons. The molecule has 3 aromatic carbocycles. The van der Waals surface area contributed by atoms with Crippen LogP contribution in [0.1, 0.15) is 80.4 Å². The molecule has 7 nitrogen and oxygen atoms in total. The Labute approximate surface area is 289 Å². The van der Waals surface area contributed by atoms with Crippen molar-refractivity contribution in [2.45, 2.75) is 82.8 Å². The van der Waals surface area contributed by atoms with Gasteiger partial charge in [-0.05, 0) is 110 Å². The van der Waals surface area contributed by atoms with E-state index in [1.165, 1.54) is 22.5 Å². The van der Waals surface area contributed by atoms with E-state index in [1.807, 2.05) is 36.5 Å². The van der Waals surface area contributed by atoms with E-state index in [4.69, 9.17) is 18.9 Å². The molecule has 0 saturated heterocycles. The average molecular weight is 669 g/mol. The predicted octanol–water partition coefficient (Wildman–Crippen LogP) is 9.37. The van der Waals surface area contributed by atoms with Gasteiger partial charge in [0, 0.05) is 18.4 Å². The van der Waals surface area contributed by atoms with Crippen LogP contribution in [-0.4, -0.2) is 44.4 Å². The van der Waals surface area contributed by atoms with Gasteiger partial charge >= 0.3 is 0 Å². The lowest BCUT2D eigenvalue weighted by Gasteiger charge is -2.41. The van der Waals surface area contributed by atoms with E-state index < -0.39 is 5.60 Å². The number of rotatable bonds is 12. The van der Waals surface area contributed by atoms with Crippen LogP contribution in [-0.2, 0) is 16.1 Å². The zero-order valence-electron chi connectivity index (χ0n) is 28.7. The lowest BCUT2D eigenvalue weighted by Crippen LogP contribution is -2.53. The Morgan fingerprint density at radius 2 is 1.67 bits per heavy atom. The van der Waals surface area contributed by atoms with Gasteiger partial charge in [-0.15, -0.1) is 0 Å². The molecule has 1 aromatic heterocycles. The number of amides is 1. The summed E-state index contributed by atoms with van der Waals surface area (Å²) in [5.74, 6) is 2.76. The van der Waals surface area contributed by atoms with Crippen LogP contribution in [0.15, 0.2) is 72.9 Å². The molecular weight excluding hydrogens is 621 g/mol. The number of benzene rings is 3. The Morgan fingerprint density at radius 1 is 0.896 bits per heavy atom. The van der Waals surface area contributed by atoms with Crippen LogP contribution in [0, 0.1) is 12.8 Å². The van der Waals surface area contributed by atoms with E-state index in [2.05, 4.69) is 53.2 Å². The highest BCUT2D eigenvalue weighted by Gasteiger charge is 2.44. The van der Waals surface area contributed by atoms with Crippen molar-refractivity contribution in [2.24, 2.45) is 5.92 Å². The number of methoxy groups -OCH3 is 3. The van der Waals surface area contributed by atoms with Gasteiger partial charge in [-0.25, -0.2) is 4.98 Å². The van der Waals surface area contributed by atoms with Crippen LogP contribution in [0.3, 0.4) is 0 Å². The largest absolute Gasteiger partial charge is 0.497 e. The molecule has 0 radical (unpaired) electrons. The number of carbonyl (C=O) groups is 1. The van der Waals surface area contributed by atoms with Gasteiger partial charge in [-0.2, -0.15) is 0 Å². The van der Waals surface area contributed by atoms with E-state index in [1.54, 1.807) is 21.3 Å². The first-order valence-electron chi connectivity index (χ1n) is 17.2. The molecule has 0 aliphatic heterocycles. The molecule has 2 aliphatic rings. The third-order valence-corrected chi connectivity index (χ3v) is 11.3. The predicted molar refractivity (Wildman–Crippen MR) is 192 cm³/mol. The smallest absolute Gasteiger partial charge is 0.273 e. The second-order valence-corrected chi connectivity index (χ2v) is 14.3. The van der Waals surface area contributed by atoms with Crippen molar-refractivity contribution in [1.29, 1.82) is 0 Å². The molecule has 48 heavy (non-hydrogen) atoms. The number of thiazole rings is 1. The molecule has 0 bridgehead atoms. The highest BCUT2D eigenvalue weighted by atomic mass is 32.1. The molecular formula is C40H48N2O5S. The standard InChI is InChI=1S/C40H48N2O5S/c1-28-23-32(17-20-36(28)45-3)31-15-11-29(12-16-31)26-42(34-10-8-9-33(24-34)37-25-41-39(46-4)48-37)38(43)40(21-6-5-7-22-40)47-27-30-13-18-35(44-2)19-14-30/h8-10,13-14,17-20,23-25,29,31H,5-7,11-12,15-16,21-22,26-27H2,1-4H3. The van der Waals surface area contributed by atoms with Gasteiger partial charge in [0.1, 0.15) is 17.1 Å². The maximum Gasteiger partial charge on any atom is 0.273 e. The molecule has 2 saturated carbocycles. The molecule has 1 amide bonds. The molecule has 2 fully saturated rings. The van der Waals surface area contributed by atoms with Gasteiger partial charge in [0.05, 0.1) is 32.8 Å². The minimum Gasteiger partial charge on any atom is -0.497 e. The van der Waals surface area contributed by atoms with Crippen LogP contribution in [0.25, 0.3) is 10.4 Å². The highest BCUT2D eigenvalue weighted by molar-refractivity contribution is 7.16. The number of hydrogen-bond donors (Lipinski definition) is 0. The summed E-state index contributed by atoms with van der Waals surface area (Å²) in [6, 6.07) is 22.9. The first-order valence-corrected chi connectivity index (χ1v) is 18.1. The van der Waals surface area contributed by atoms with E-state index in [0.717, 1.165) is 91.0 Å². The molecule has 0 N–H and O–H groups in total. The molecule has 0 atom stereocenters. The van der Waals surface area contributed by atoms with Crippen molar-refractivity contribution in [3.63, 3.8) is 0 Å². The lowest BCUT2D eigenvalue weighted by molar-refractivity contribution is -0.151. The quantitative estimate of drug-likeness (QED) is 0.150. The number of anilines is 1. The summed E-state index contributed by atoms with van der Waals surface area (Å²) in [7, 11) is 5.04. The minimum atomic E-state index is -0.861. The maximum atomic E-state index is 15.0. The first kappa shape index (κ1) is 34.0. The van der Waals surface area contributed by atoms with Gasteiger partial charge in [0.2, 0.25) is 0 Å². The topological polar surface area (TPSA) is 70.1 Å². The summed E-state index contributed by atoms with van der Waals surface area (Å²) in [4.78, 5) is 22.5. The van der Waals surface area contributed by atoms with Crippen molar-refractivity contribution in [1.82, 2.24) is 4.98 Å². The van der Waals surface area contributed by atoms with Gasteiger partial charge in [-0.3, -0.25) is 4.79 Å². The van der Waals surface area contributed by atoms with Gasteiger partial charge in [-0.1, -0.05) is 67.0 Å². The van der Waals surface area contributed by atoms with Crippen molar-refractivity contribution in [2.75, 3.05) is 32.8 Å². The monoisotopic (exact) mass is 668 g/mol. The number of aromatic nitrogens is 1. The van der Waals surface area contributed by atoms with Crippen molar-refractivity contribution >= 4 is 22.9 Å². The second-order valence-electron chi connectivity index (χ2n) is 13.3. The molecule has 0 unspecified atom stereocenters. The van der Waals surface area contributed by atoms with Gasteiger partial charge in [0.25, 0.3) is 11.1 Å². The Hall–Kier alpha value is -3.88. The Kier molecular flexibility index (Phi) is 11.0. The minimum absolute atomic E-state index is 0.0858. The van der Waals surface area contributed by atoms with Crippen molar-refractivity contribution in [3.8, 4) is 27.1 Å². The molecule has 0 spiro atoms. The fourth-order valence-corrected chi connectivity index (χ4v) is 8.17. The summed E-state index contributed by atoms with van der Waals surface area (Å²) in [5, 5.41) is 0.625. The van der Waals surface area contributed by atoms with Crippen LogP contribution in [0.5, 0.6) is 16.7 Å². The van der Waals surface area contributed by atoms with Gasteiger partial charge in [0.15, 0.2) is 0 Å². The Morgan fingerprint density at radius 3 is 2.33 bits per heavy atom. The van der Waals surface area contributed by atoms with E-state index >= 15 is 4.79 Å². The van der Waals surface area contributed by atoms with Gasteiger partial charge < -0.3 is 23.8 Å². The highest BCUT2D eigenvalue weighted by Crippen LogP contribution is 2.41. The normalized spacial score (nSPS) is 19.0. The third-order valence-electron chi connectivity index (χ3n) is 10.2. The van der Waals surface area contributed by atoms with Crippen LogP contribution in [0.2, 0.25) is 0 Å². The molecule has 8 heteroatoms. The van der Waals surface area contributed by atoms with Crippen molar-refractivity contribution in [3.05, 3.63) is 89.6 Å². The Bertz CT molecular complexity index is 1650. The van der Waals surface area contributed by atoms with Crippen molar-refractivity contribution < 1.29 is 23.7 Å². The molecule has 6 rings (SSSR count). The van der Waals surface area contributed by atoms with E-state index in [9.17, 15) is 0 Å². The van der Waals surface area contributed by atoms with Crippen LogP contribution < -0.4 is 19.1 Å². The Balaban J connectivity index is 1.26. The molecule has 4 aromatic rings. The number of aryl methyl sites for hydroxylation is 1. The lowest BCUT2D eigenvalue weighted by atomic mass is 9.77. The van der Waals surface area contributed by atoms with E-state index in [0.29, 0.717) is 30.2 Å². The third kappa shape index (κ3) is 7.71. The maximum absolute atomic E-state index is 15.0. The summed E-state index contributed by atoms with van der Waals surface area (Å²) in [6.07, 6.45) is 10.8. The number of carbonyl (C=O) groups excluding carboxylic acids is 1. The summed E-state index contributed by atoms with van der Waals surface area (Å²) < 4.78 is 23.0. The van der Waals surface area contributed by atoms with Crippen LogP contribution in [0.4, 0.5) is 5.69 Å².